The maximum Gasteiger partial charge on any atom is 0.291 e. The molecule has 14 heavy (non-hydrogen) atoms. The van der Waals surface area contributed by atoms with Gasteiger partial charge >= 0.3 is 0 Å². The van der Waals surface area contributed by atoms with Crippen LogP contribution in [0.15, 0.2) is 21.5 Å². The van der Waals surface area contributed by atoms with Crippen LogP contribution >= 0.6 is 11.8 Å². The van der Waals surface area contributed by atoms with E-state index in [9.17, 15) is 5.11 Å². The van der Waals surface area contributed by atoms with Crippen molar-refractivity contribution in [2.24, 2.45) is 0 Å². The number of allylic oxidation sites excluding steroid dienone is 2. The van der Waals surface area contributed by atoms with Crippen LogP contribution in [0.25, 0.3) is 4.85 Å². The van der Waals surface area contributed by atoms with Gasteiger partial charge < -0.3 is 10.0 Å². The number of hydrogen-bond acceptors (Lipinski definition) is 4. The van der Waals surface area contributed by atoms with Gasteiger partial charge in [-0.15, -0.1) is 0 Å². The van der Waals surface area contributed by atoms with Gasteiger partial charge in [0.2, 0.25) is 0 Å². The average Bonchev–Trinajstić information content (AvgIpc) is 2.45. The number of nitriles is 1. The van der Waals surface area contributed by atoms with Gasteiger partial charge in [0.1, 0.15) is 0 Å². The van der Waals surface area contributed by atoms with Gasteiger partial charge in [-0.1, -0.05) is 11.8 Å². The molecule has 0 aliphatic carbocycles. The minimum atomic E-state index is -0.107. The first kappa shape index (κ1) is 10.5. The summed E-state index contributed by atoms with van der Waals surface area (Å²) in [5.74, 6) is -0.107. The third-order valence-electron chi connectivity index (χ3n) is 1.78. The van der Waals surface area contributed by atoms with E-state index in [1.807, 2.05) is 6.92 Å². The first-order valence-electron chi connectivity index (χ1n) is 4.00. The van der Waals surface area contributed by atoms with Crippen molar-refractivity contribution in [3.05, 3.63) is 32.9 Å². The number of thioether (sulfide) groups is 1. The van der Waals surface area contributed by atoms with E-state index in [1.165, 1.54) is 16.7 Å². The van der Waals surface area contributed by atoms with Crippen LogP contribution in [-0.2, 0) is 0 Å². The maximum absolute atomic E-state index is 11.5. The molecule has 0 saturated carbocycles. The van der Waals surface area contributed by atoms with Gasteiger partial charge in [0.05, 0.1) is 17.7 Å². The van der Waals surface area contributed by atoms with E-state index in [0.29, 0.717) is 16.5 Å². The first-order chi connectivity index (χ1) is 6.65. The fraction of sp³-hybridized carbons (Fsp3) is 0.333. The Morgan fingerprint density at radius 1 is 1.79 bits per heavy atom. The standard InChI is InChI=1S/C9H9N3OS/c1-4-12-8(13)6(2)14-9(12)7(5-10)11-3/h13H,4H2,1-2H3/p-1/b9-7+. The molecule has 4 nitrogen and oxygen atoms in total. The normalized spacial score (nSPS) is 19.3. The average molecular weight is 206 g/mol. The van der Waals surface area contributed by atoms with E-state index in [-0.39, 0.29) is 11.6 Å². The molecule has 0 atom stereocenters. The Bertz CT molecular complexity index is 381. The highest BCUT2D eigenvalue weighted by atomic mass is 32.2. The van der Waals surface area contributed by atoms with Crippen LogP contribution in [-0.4, -0.2) is 11.4 Å². The van der Waals surface area contributed by atoms with Crippen LogP contribution < -0.4 is 5.11 Å². The largest absolute Gasteiger partial charge is 0.860 e. The van der Waals surface area contributed by atoms with E-state index in [4.69, 9.17) is 11.8 Å². The predicted octanol–water partition coefficient (Wildman–Crippen LogP) is 1.22. The molecule has 0 saturated heterocycles. The lowest BCUT2D eigenvalue weighted by Gasteiger charge is -2.25. The van der Waals surface area contributed by atoms with Crippen molar-refractivity contribution in [1.29, 1.82) is 5.26 Å². The summed E-state index contributed by atoms with van der Waals surface area (Å²) in [6.45, 7) is 10.8. The van der Waals surface area contributed by atoms with Crippen molar-refractivity contribution in [1.82, 2.24) is 4.90 Å². The van der Waals surface area contributed by atoms with E-state index in [0.717, 1.165) is 0 Å². The molecule has 72 valence electrons. The Hall–Kier alpha value is -1.59. The van der Waals surface area contributed by atoms with E-state index < -0.39 is 0 Å². The monoisotopic (exact) mass is 206 g/mol. The highest BCUT2D eigenvalue weighted by Crippen LogP contribution is 2.40. The number of hydrogen-bond donors (Lipinski definition) is 0. The van der Waals surface area contributed by atoms with Gasteiger partial charge in [0.25, 0.3) is 5.70 Å². The van der Waals surface area contributed by atoms with Crippen LogP contribution in [0.1, 0.15) is 13.8 Å². The summed E-state index contributed by atoms with van der Waals surface area (Å²) in [5.41, 5.74) is -0.0120. The first-order valence-corrected chi connectivity index (χ1v) is 4.82. The van der Waals surface area contributed by atoms with Crippen LogP contribution in [0.4, 0.5) is 0 Å². The van der Waals surface area contributed by atoms with Gasteiger partial charge in [-0.05, 0) is 24.6 Å². The molecule has 0 aromatic carbocycles. The number of nitrogens with zero attached hydrogens (tertiary/aromatic N) is 3. The van der Waals surface area contributed by atoms with E-state index in [1.54, 1.807) is 13.0 Å². The molecule has 0 fully saturated rings. The lowest BCUT2D eigenvalue weighted by Crippen LogP contribution is -2.25. The molecular weight excluding hydrogens is 198 g/mol. The summed E-state index contributed by atoms with van der Waals surface area (Å²) in [4.78, 5) is 5.16. The van der Waals surface area contributed by atoms with Crippen molar-refractivity contribution >= 4 is 11.8 Å². The molecule has 0 aromatic heterocycles. The maximum atomic E-state index is 11.5. The van der Waals surface area contributed by atoms with Crippen LogP contribution in [0, 0.1) is 17.9 Å². The Morgan fingerprint density at radius 3 is 2.86 bits per heavy atom. The second-order valence-corrected chi connectivity index (χ2v) is 3.79. The molecule has 1 aliphatic heterocycles. The Kier molecular flexibility index (Phi) is 3.06. The van der Waals surface area contributed by atoms with E-state index in [2.05, 4.69) is 4.85 Å². The van der Waals surface area contributed by atoms with Crippen molar-refractivity contribution in [3.63, 3.8) is 0 Å². The van der Waals surface area contributed by atoms with Gasteiger partial charge in [-0.2, -0.15) is 0 Å². The minimum Gasteiger partial charge on any atom is -0.860 e. The molecule has 5 heteroatoms. The Morgan fingerprint density at radius 2 is 2.43 bits per heavy atom. The molecule has 0 N–H and O–H groups in total. The fourth-order valence-corrected chi connectivity index (χ4v) is 2.11. The molecule has 0 aromatic rings. The summed E-state index contributed by atoms with van der Waals surface area (Å²) in [7, 11) is 0. The third kappa shape index (κ3) is 1.55. The summed E-state index contributed by atoms with van der Waals surface area (Å²) in [6, 6.07) is 1.80. The molecule has 0 radical (unpaired) electrons. The molecule has 0 bridgehead atoms. The summed E-state index contributed by atoms with van der Waals surface area (Å²) >= 11 is 1.20. The van der Waals surface area contributed by atoms with Gasteiger partial charge in [-0.3, -0.25) is 0 Å². The van der Waals surface area contributed by atoms with Crippen molar-refractivity contribution < 1.29 is 5.11 Å². The number of rotatable bonds is 1. The van der Waals surface area contributed by atoms with Crippen molar-refractivity contribution in [3.8, 4) is 6.07 Å². The highest BCUT2D eigenvalue weighted by molar-refractivity contribution is 8.06. The van der Waals surface area contributed by atoms with E-state index >= 15 is 0 Å². The Balaban J connectivity index is 3.17. The van der Waals surface area contributed by atoms with Gasteiger partial charge in [-0.25, -0.2) is 10.1 Å². The summed E-state index contributed by atoms with van der Waals surface area (Å²) in [6.07, 6.45) is 0. The van der Waals surface area contributed by atoms with Gasteiger partial charge in [0, 0.05) is 6.54 Å². The zero-order valence-electron chi connectivity index (χ0n) is 7.87. The minimum absolute atomic E-state index is 0.0120. The molecule has 0 unspecified atom stereocenters. The van der Waals surface area contributed by atoms with Gasteiger partial charge in [0.15, 0.2) is 0 Å². The van der Waals surface area contributed by atoms with Crippen molar-refractivity contribution in [2.75, 3.05) is 6.54 Å². The molecule has 1 rings (SSSR count). The molecule has 0 amide bonds. The third-order valence-corrected chi connectivity index (χ3v) is 2.87. The van der Waals surface area contributed by atoms with Crippen molar-refractivity contribution in [2.45, 2.75) is 13.8 Å². The fourth-order valence-electron chi connectivity index (χ4n) is 1.11. The molecule has 1 aliphatic rings. The second-order valence-electron chi connectivity index (χ2n) is 2.59. The quantitative estimate of drug-likeness (QED) is 0.478. The predicted molar refractivity (Wildman–Crippen MR) is 51.9 cm³/mol. The molecular formula is C9H8N3OS-. The highest BCUT2D eigenvalue weighted by Gasteiger charge is 2.22. The molecule has 0 spiro atoms. The second kappa shape index (κ2) is 4.08. The smallest absolute Gasteiger partial charge is 0.291 e. The SMILES string of the molecule is [C-]#[N+]/C(C#N)=C1/SC(C)=C([O-])N1CC. The topological polar surface area (TPSA) is 54.4 Å². The summed E-state index contributed by atoms with van der Waals surface area (Å²) < 4.78 is 0. The van der Waals surface area contributed by atoms with Crippen LogP contribution in [0.5, 0.6) is 0 Å². The zero-order chi connectivity index (χ0) is 10.7. The lowest BCUT2D eigenvalue weighted by molar-refractivity contribution is -0.328. The Labute approximate surface area is 86.9 Å². The molecule has 1 heterocycles. The zero-order valence-corrected chi connectivity index (χ0v) is 8.68. The van der Waals surface area contributed by atoms with Crippen LogP contribution in [0.2, 0.25) is 0 Å². The lowest BCUT2D eigenvalue weighted by atomic mass is 10.4. The van der Waals surface area contributed by atoms with Crippen LogP contribution in [0.3, 0.4) is 0 Å². The summed E-state index contributed by atoms with van der Waals surface area (Å²) in [5, 5.41) is 20.7.